The van der Waals surface area contributed by atoms with Crippen molar-refractivity contribution in [2.75, 3.05) is 11.9 Å². The molecule has 7 heteroatoms. The van der Waals surface area contributed by atoms with Gasteiger partial charge in [-0.15, -0.1) is 0 Å². The summed E-state index contributed by atoms with van der Waals surface area (Å²) in [5.41, 5.74) is 0.854. The van der Waals surface area contributed by atoms with E-state index in [4.69, 9.17) is 11.6 Å². The third kappa shape index (κ3) is 5.16. The topological polar surface area (TPSA) is 66.9 Å². The highest BCUT2D eigenvalue weighted by Gasteiger charge is 2.11. The number of amides is 1. The van der Waals surface area contributed by atoms with E-state index in [1.54, 1.807) is 19.1 Å². The first-order valence-corrected chi connectivity index (χ1v) is 8.09. The number of aryl methyl sites for hydroxylation is 1. The predicted octanol–water partition coefficient (Wildman–Crippen LogP) is 4.10. The van der Waals surface area contributed by atoms with Crippen LogP contribution < -0.4 is 10.6 Å². The molecule has 24 heavy (non-hydrogen) atoms. The van der Waals surface area contributed by atoms with Gasteiger partial charge in [0.05, 0.1) is 5.02 Å². The number of nitrogens with one attached hydrogen (secondary N) is 2. The Morgan fingerprint density at radius 3 is 2.71 bits per heavy atom. The average Bonchev–Trinajstić information content (AvgIpc) is 2.50. The second kappa shape index (κ2) is 8.06. The SMILES string of the molecule is Cc1nc(Nc2ccc(F)c(Cl)c2)cc(C(=O)NCCC(C)C)n1. The average molecular weight is 351 g/mol. The molecule has 0 radical (unpaired) electrons. The highest BCUT2D eigenvalue weighted by atomic mass is 35.5. The van der Waals surface area contributed by atoms with Gasteiger partial charge in [-0.2, -0.15) is 0 Å². The van der Waals surface area contributed by atoms with Crippen LogP contribution in [0.5, 0.6) is 0 Å². The molecular formula is C17H20ClFN4O. The monoisotopic (exact) mass is 350 g/mol. The zero-order valence-corrected chi connectivity index (χ0v) is 14.6. The van der Waals surface area contributed by atoms with Crippen LogP contribution in [0.1, 0.15) is 36.6 Å². The number of benzene rings is 1. The maximum absolute atomic E-state index is 13.2. The Balaban J connectivity index is 2.12. The molecule has 0 atom stereocenters. The molecular weight excluding hydrogens is 331 g/mol. The fraction of sp³-hybridized carbons (Fsp3) is 0.353. The molecule has 0 aliphatic carbocycles. The third-order valence-electron chi connectivity index (χ3n) is 3.27. The summed E-state index contributed by atoms with van der Waals surface area (Å²) in [6.07, 6.45) is 0.898. The van der Waals surface area contributed by atoms with E-state index in [1.165, 1.54) is 12.1 Å². The number of aromatic nitrogens is 2. The lowest BCUT2D eigenvalue weighted by molar-refractivity contribution is 0.0946. The summed E-state index contributed by atoms with van der Waals surface area (Å²) in [6, 6.07) is 5.81. The number of carbonyl (C=O) groups is 1. The Kier molecular flexibility index (Phi) is 6.09. The number of carbonyl (C=O) groups excluding carboxylic acids is 1. The van der Waals surface area contributed by atoms with Gasteiger partial charge in [0.15, 0.2) is 0 Å². The Hall–Kier alpha value is -2.21. The molecule has 0 aliphatic rings. The van der Waals surface area contributed by atoms with Crippen molar-refractivity contribution in [1.29, 1.82) is 0 Å². The van der Waals surface area contributed by atoms with E-state index < -0.39 is 5.82 Å². The molecule has 1 amide bonds. The molecule has 0 aliphatic heterocycles. The number of rotatable bonds is 6. The van der Waals surface area contributed by atoms with Crippen molar-refractivity contribution in [3.8, 4) is 0 Å². The van der Waals surface area contributed by atoms with Crippen LogP contribution in [0.3, 0.4) is 0 Å². The summed E-state index contributed by atoms with van der Waals surface area (Å²) in [4.78, 5) is 20.6. The van der Waals surface area contributed by atoms with E-state index in [-0.39, 0.29) is 16.6 Å². The zero-order valence-electron chi connectivity index (χ0n) is 13.9. The van der Waals surface area contributed by atoms with Crippen LogP contribution in [-0.2, 0) is 0 Å². The van der Waals surface area contributed by atoms with E-state index in [0.29, 0.717) is 29.8 Å². The van der Waals surface area contributed by atoms with Crippen LogP contribution >= 0.6 is 11.6 Å². The molecule has 0 unspecified atom stereocenters. The Morgan fingerprint density at radius 2 is 2.04 bits per heavy atom. The maximum Gasteiger partial charge on any atom is 0.270 e. The molecule has 2 aromatic rings. The van der Waals surface area contributed by atoms with Crippen molar-refractivity contribution in [2.24, 2.45) is 5.92 Å². The predicted molar refractivity (Wildman–Crippen MR) is 93.2 cm³/mol. The molecule has 128 valence electrons. The van der Waals surface area contributed by atoms with Gasteiger partial charge >= 0.3 is 0 Å². The van der Waals surface area contributed by atoms with E-state index >= 15 is 0 Å². The molecule has 0 saturated carbocycles. The minimum atomic E-state index is -0.494. The van der Waals surface area contributed by atoms with Crippen molar-refractivity contribution >= 4 is 29.0 Å². The smallest absolute Gasteiger partial charge is 0.270 e. The van der Waals surface area contributed by atoms with Gasteiger partial charge in [-0.1, -0.05) is 25.4 Å². The standard InChI is InChI=1S/C17H20ClFN4O/c1-10(2)6-7-20-17(24)15-9-16(22-11(3)21-15)23-12-4-5-14(19)13(18)8-12/h4-5,8-10H,6-7H2,1-3H3,(H,20,24)(H,21,22,23). The molecule has 1 aromatic carbocycles. The number of hydrogen-bond donors (Lipinski definition) is 2. The molecule has 2 N–H and O–H groups in total. The largest absolute Gasteiger partial charge is 0.351 e. The maximum atomic E-state index is 13.2. The van der Waals surface area contributed by atoms with E-state index in [9.17, 15) is 9.18 Å². The van der Waals surface area contributed by atoms with Crippen molar-refractivity contribution in [3.63, 3.8) is 0 Å². The molecule has 5 nitrogen and oxygen atoms in total. The van der Waals surface area contributed by atoms with Crippen molar-refractivity contribution in [2.45, 2.75) is 27.2 Å². The van der Waals surface area contributed by atoms with Gasteiger partial charge in [-0.05, 0) is 37.5 Å². The fourth-order valence-electron chi connectivity index (χ4n) is 2.03. The summed E-state index contributed by atoms with van der Waals surface area (Å²) < 4.78 is 13.2. The molecule has 1 aromatic heterocycles. The summed E-state index contributed by atoms with van der Waals surface area (Å²) in [5.74, 6) is 0.673. The normalized spacial score (nSPS) is 10.8. The second-order valence-electron chi connectivity index (χ2n) is 5.88. The minimum absolute atomic E-state index is 0.0115. The van der Waals surface area contributed by atoms with Crippen molar-refractivity contribution in [3.05, 3.63) is 46.6 Å². The number of hydrogen-bond acceptors (Lipinski definition) is 4. The molecule has 2 rings (SSSR count). The van der Waals surface area contributed by atoms with Crippen LogP contribution in [0.4, 0.5) is 15.9 Å². The summed E-state index contributed by atoms with van der Waals surface area (Å²) in [5, 5.41) is 5.85. The lowest BCUT2D eigenvalue weighted by atomic mass is 10.1. The molecule has 1 heterocycles. The first-order chi connectivity index (χ1) is 11.3. The van der Waals surface area contributed by atoms with Crippen molar-refractivity contribution in [1.82, 2.24) is 15.3 Å². The fourth-order valence-corrected chi connectivity index (χ4v) is 2.22. The molecule has 0 saturated heterocycles. The van der Waals surface area contributed by atoms with Crippen LogP contribution in [0.25, 0.3) is 0 Å². The zero-order chi connectivity index (χ0) is 17.7. The molecule has 0 fully saturated rings. The third-order valence-corrected chi connectivity index (χ3v) is 3.56. The number of halogens is 2. The van der Waals surface area contributed by atoms with Gasteiger partial charge in [0.1, 0.15) is 23.2 Å². The highest BCUT2D eigenvalue weighted by molar-refractivity contribution is 6.31. The van der Waals surface area contributed by atoms with Crippen LogP contribution in [0, 0.1) is 18.7 Å². The Morgan fingerprint density at radius 1 is 1.29 bits per heavy atom. The Labute approximate surface area is 145 Å². The lowest BCUT2D eigenvalue weighted by Crippen LogP contribution is -2.26. The summed E-state index contributed by atoms with van der Waals surface area (Å²) in [7, 11) is 0. The quantitative estimate of drug-likeness (QED) is 0.823. The highest BCUT2D eigenvalue weighted by Crippen LogP contribution is 2.22. The first-order valence-electron chi connectivity index (χ1n) is 7.71. The van der Waals surface area contributed by atoms with Gasteiger partial charge in [-0.3, -0.25) is 4.79 Å². The molecule has 0 spiro atoms. The second-order valence-corrected chi connectivity index (χ2v) is 6.29. The van der Waals surface area contributed by atoms with E-state index in [1.807, 2.05) is 0 Å². The van der Waals surface area contributed by atoms with E-state index in [2.05, 4.69) is 34.4 Å². The van der Waals surface area contributed by atoms with Crippen LogP contribution in [0.2, 0.25) is 5.02 Å². The van der Waals surface area contributed by atoms with Crippen LogP contribution in [-0.4, -0.2) is 22.4 Å². The van der Waals surface area contributed by atoms with Gasteiger partial charge in [0.2, 0.25) is 0 Å². The lowest BCUT2D eigenvalue weighted by Gasteiger charge is -2.10. The summed E-state index contributed by atoms with van der Waals surface area (Å²) in [6.45, 7) is 6.48. The van der Waals surface area contributed by atoms with Gasteiger partial charge in [0, 0.05) is 18.3 Å². The van der Waals surface area contributed by atoms with Gasteiger partial charge in [-0.25, -0.2) is 14.4 Å². The van der Waals surface area contributed by atoms with Crippen molar-refractivity contribution < 1.29 is 9.18 Å². The van der Waals surface area contributed by atoms with Gasteiger partial charge < -0.3 is 10.6 Å². The number of nitrogens with zero attached hydrogens (tertiary/aromatic N) is 2. The van der Waals surface area contributed by atoms with Gasteiger partial charge in [0.25, 0.3) is 5.91 Å². The molecule has 0 bridgehead atoms. The number of anilines is 2. The Bertz CT molecular complexity index is 737. The first kappa shape index (κ1) is 18.1. The summed E-state index contributed by atoms with van der Waals surface area (Å²) >= 11 is 5.76. The minimum Gasteiger partial charge on any atom is -0.351 e. The van der Waals surface area contributed by atoms with Crippen LogP contribution in [0.15, 0.2) is 24.3 Å². The van der Waals surface area contributed by atoms with E-state index in [0.717, 1.165) is 6.42 Å².